The molecule has 0 aliphatic heterocycles. The molecule has 1 aromatic carbocycles. The minimum Gasteiger partial charge on any atom is -0.264 e. The van der Waals surface area contributed by atoms with E-state index in [0.29, 0.717) is 21.9 Å². The highest BCUT2D eigenvalue weighted by molar-refractivity contribution is 7.99. The first-order valence-corrected chi connectivity index (χ1v) is 10.8. The van der Waals surface area contributed by atoms with Crippen LogP contribution in [-0.4, -0.2) is 24.5 Å². The van der Waals surface area contributed by atoms with Gasteiger partial charge in [0.05, 0.1) is 11.0 Å². The molecule has 0 radical (unpaired) electrons. The Bertz CT molecular complexity index is 1380. The normalized spacial score (nSPS) is 11.8. The fourth-order valence-electron chi connectivity index (χ4n) is 3.28. The van der Waals surface area contributed by atoms with Gasteiger partial charge in [-0.2, -0.15) is 8.78 Å². The number of nitrogens with zero attached hydrogens (tertiary/aromatic N) is 5. The highest BCUT2D eigenvalue weighted by Gasteiger charge is 2.22. The zero-order valence-electron chi connectivity index (χ0n) is 16.0. The third-order valence-corrected chi connectivity index (χ3v) is 6.92. The number of thiophene rings is 1. The van der Waals surface area contributed by atoms with Gasteiger partial charge in [-0.15, -0.1) is 11.3 Å². The first kappa shape index (κ1) is 19.1. The zero-order valence-corrected chi connectivity index (χ0v) is 17.6. The van der Waals surface area contributed by atoms with Gasteiger partial charge in [-0.05, 0) is 55.4 Å². The molecule has 0 unspecified atom stereocenters. The van der Waals surface area contributed by atoms with E-state index >= 15 is 0 Å². The maximum absolute atomic E-state index is 13.9. The van der Waals surface area contributed by atoms with Crippen LogP contribution in [0.15, 0.2) is 59.0 Å². The molecule has 4 aromatic heterocycles. The van der Waals surface area contributed by atoms with Gasteiger partial charge in [0, 0.05) is 28.2 Å². The molecule has 0 bridgehead atoms. The molecule has 30 heavy (non-hydrogen) atoms. The molecule has 0 N–H and O–H groups in total. The molecule has 5 aromatic rings. The van der Waals surface area contributed by atoms with Gasteiger partial charge in [-0.25, -0.2) is 15.0 Å². The molecule has 0 aliphatic carbocycles. The summed E-state index contributed by atoms with van der Waals surface area (Å²) < 4.78 is 28.8. The number of hydrogen-bond acceptors (Lipinski definition) is 6. The van der Waals surface area contributed by atoms with Crippen LogP contribution >= 0.6 is 23.1 Å². The average molecular weight is 440 g/mol. The lowest BCUT2D eigenvalue weighted by Crippen LogP contribution is -2.01. The summed E-state index contributed by atoms with van der Waals surface area (Å²) in [6, 6.07) is 10.6. The van der Waals surface area contributed by atoms with Crippen molar-refractivity contribution in [2.45, 2.75) is 30.6 Å². The lowest BCUT2D eigenvalue weighted by atomic mass is 10.2. The maximum atomic E-state index is 13.9. The lowest BCUT2D eigenvalue weighted by molar-refractivity contribution is 0.0656. The first-order chi connectivity index (χ1) is 14.5. The van der Waals surface area contributed by atoms with E-state index in [1.165, 1.54) is 0 Å². The third kappa shape index (κ3) is 3.14. The summed E-state index contributed by atoms with van der Waals surface area (Å²) in [6.45, 7) is 1.32. The fourth-order valence-corrected chi connectivity index (χ4v) is 5.45. The number of aromatic nitrogens is 5. The maximum Gasteiger partial charge on any atom is 0.321 e. The smallest absolute Gasteiger partial charge is 0.264 e. The van der Waals surface area contributed by atoms with Crippen LogP contribution in [-0.2, 0) is 0 Å². The van der Waals surface area contributed by atoms with Gasteiger partial charge in [0.15, 0.2) is 11.0 Å². The highest BCUT2D eigenvalue weighted by Crippen LogP contribution is 2.40. The number of halogens is 2. The first-order valence-electron chi connectivity index (χ1n) is 9.14. The number of hydrogen-bond donors (Lipinski definition) is 0. The molecular formula is C21H15F2N5S2. The average Bonchev–Trinajstić information content (AvgIpc) is 3.25. The van der Waals surface area contributed by atoms with Gasteiger partial charge < -0.3 is 0 Å². The van der Waals surface area contributed by atoms with Crippen molar-refractivity contribution in [2.24, 2.45) is 0 Å². The fraction of sp³-hybridized carbons (Fsp3) is 0.143. The van der Waals surface area contributed by atoms with Crippen LogP contribution in [0.5, 0.6) is 0 Å². The predicted octanol–water partition coefficient (Wildman–Crippen LogP) is 6.27. The zero-order chi connectivity index (χ0) is 20.8. The van der Waals surface area contributed by atoms with Crippen molar-refractivity contribution < 1.29 is 8.78 Å². The summed E-state index contributed by atoms with van der Waals surface area (Å²) in [5, 5.41) is 1.69. The Morgan fingerprint density at radius 1 is 1.03 bits per heavy atom. The summed E-state index contributed by atoms with van der Waals surface area (Å²) in [6.07, 6.45) is 3.37. The molecule has 0 saturated heterocycles. The van der Waals surface area contributed by atoms with Crippen molar-refractivity contribution in [2.75, 3.05) is 0 Å². The van der Waals surface area contributed by atoms with Crippen LogP contribution in [0.4, 0.5) is 8.78 Å². The van der Waals surface area contributed by atoms with Gasteiger partial charge in [-0.1, -0.05) is 12.1 Å². The number of imidazole rings is 1. The second kappa shape index (κ2) is 7.41. The Kier molecular flexibility index (Phi) is 4.71. The second-order valence-electron chi connectivity index (χ2n) is 6.69. The quantitative estimate of drug-likeness (QED) is 0.309. The predicted molar refractivity (Wildman–Crippen MR) is 115 cm³/mol. The Morgan fingerprint density at radius 3 is 2.63 bits per heavy atom. The van der Waals surface area contributed by atoms with Gasteiger partial charge in [-0.3, -0.25) is 9.55 Å². The van der Waals surface area contributed by atoms with Crippen LogP contribution < -0.4 is 0 Å². The van der Waals surface area contributed by atoms with E-state index < -0.39 is 6.55 Å². The van der Waals surface area contributed by atoms with Crippen LogP contribution in [0.1, 0.15) is 17.0 Å². The summed E-state index contributed by atoms with van der Waals surface area (Å²) in [4.78, 5) is 20.0. The van der Waals surface area contributed by atoms with Crippen molar-refractivity contribution in [3.8, 4) is 11.4 Å². The molecule has 0 saturated carbocycles. The number of aryl methyl sites for hydroxylation is 2. The topological polar surface area (TPSA) is 56.5 Å². The molecule has 0 fully saturated rings. The molecular weight excluding hydrogens is 424 g/mol. The van der Waals surface area contributed by atoms with E-state index in [1.54, 1.807) is 48.0 Å². The lowest BCUT2D eigenvalue weighted by Gasteiger charge is -2.09. The minimum absolute atomic E-state index is 0.201. The molecule has 0 spiro atoms. The third-order valence-electron chi connectivity index (χ3n) is 4.86. The Labute approximate surface area is 178 Å². The largest absolute Gasteiger partial charge is 0.321 e. The molecule has 5 nitrogen and oxygen atoms in total. The summed E-state index contributed by atoms with van der Waals surface area (Å²) in [5.74, 6) is 0.513. The monoisotopic (exact) mass is 439 g/mol. The van der Waals surface area contributed by atoms with Crippen molar-refractivity contribution in [1.82, 2.24) is 24.5 Å². The highest BCUT2D eigenvalue weighted by atomic mass is 32.2. The molecule has 9 heteroatoms. The van der Waals surface area contributed by atoms with E-state index in [-0.39, 0.29) is 5.16 Å². The van der Waals surface area contributed by atoms with Crippen molar-refractivity contribution in [1.29, 1.82) is 0 Å². The van der Waals surface area contributed by atoms with Crippen molar-refractivity contribution >= 4 is 44.3 Å². The van der Waals surface area contributed by atoms with Gasteiger partial charge in [0.1, 0.15) is 9.86 Å². The summed E-state index contributed by atoms with van der Waals surface area (Å²) in [7, 11) is 0. The Morgan fingerprint density at radius 2 is 1.87 bits per heavy atom. The Hall–Kier alpha value is -2.91. The number of rotatable bonds is 4. The molecule has 150 valence electrons. The number of benzene rings is 1. The van der Waals surface area contributed by atoms with Crippen LogP contribution in [0.25, 0.3) is 32.6 Å². The molecule has 5 rings (SSSR count). The number of para-hydroxylation sites is 2. The Balaban J connectivity index is 1.73. The van der Waals surface area contributed by atoms with Gasteiger partial charge in [0.2, 0.25) is 0 Å². The minimum atomic E-state index is -2.71. The van der Waals surface area contributed by atoms with Crippen LogP contribution in [0.2, 0.25) is 0 Å². The number of alkyl halides is 2. The number of pyridine rings is 1. The molecule has 0 amide bonds. The standard InChI is InChI=1S/C21H15F2N5S2/c1-11-12(2)29-18-16(11)19(27-17(26-18)13-6-5-9-24-10-13)30-21-25-14-7-3-4-8-15(14)28(21)20(22)23/h3-10,20H,1-2H3. The van der Waals surface area contributed by atoms with E-state index in [9.17, 15) is 8.78 Å². The van der Waals surface area contributed by atoms with E-state index in [0.717, 1.165) is 42.5 Å². The van der Waals surface area contributed by atoms with Gasteiger partial charge >= 0.3 is 6.55 Å². The van der Waals surface area contributed by atoms with Crippen molar-refractivity contribution in [3.05, 3.63) is 59.2 Å². The molecule has 4 heterocycles. The second-order valence-corrected chi connectivity index (χ2v) is 8.85. The van der Waals surface area contributed by atoms with Gasteiger partial charge in [0.25, 0.3) is 0 Å². The van der Waals surface area contributed by atoms with E-state index in [2.05, 4.69) is 9.97 Å². The molecule has 0 aliphatic rings. The number of fused-ring (bicyclic) bond motifs is 2. The molecule has 0 atom stereocenters. The van der Waals surface area contributed by atoms with E-state index in [4.69, 9.17) is 9.97 Å². The van der Waals surface area contributed by atoms with E-state index in [1.807, 2.05) is 26.0 Å². The van der Waals surface area contributed by atoms with Crippen LogP contribution in [0.3, 0.4) is 0 Å². The van der Waals surface area contributed by atoms with Crippen LogP contribution in [0, 0.1) is 13.8 Å². The SMILES string of the molecule is Cc1sc2nc(-c3cccnc3)nc(Sc3nc4ccccc4n3C(F)F)c2c1C. The summed E-state index contributed by atoms with van der Waals surface area (Å²) >= 11 is 2.71. The summed E-state index contributed by atoms with van der Waals surface area (Å²) in [5.41, 5.74) is 2.74. The van der Waals surface area contributed by atoms with Crippen molar-refractivity contribution in [3.63, 3.8) is 0 Å².